The number of pyridine rings is 1. The highest BCUT2D eigenvalue weighted by Gasteiger charge is 2.26. The lowest BCUT2D eigenvalue weighted by Gasteiger charge is -2.25. The van der Waals surface area contributed by atoms with Crippen molar-refractivity contribution in [1.29, 1.82) is 0 Å². The van der Waals surface area contributed by atoms with Gasteiger partial charge in [-0.2, -0.15) is 0 Å². The van der Waals surface area contributed by atoms with Gasteiger partial charge >= 0.3 is 5.97 Å². The molecule has 2 aromatic heterocycles. The number of hydrogen-bond donors (Lipinski definition) is 1. The van der Waals surface area contributed by atoms with Gasteiger partial charge in [0.1, 0.15) is 5.82 Å². The molecule has 1 aliphatic rings. The second-order valence-corrected chi connectivity index (χ2v) is 8.42. The number of carbonyl (C=O) groups is 1. The van der Waals surface area contributed by atoms with E-state index in [0.717, 1.165) is 0 Å². The number of aromatic carboxylic acids is 1. The molecule has 1 saturated heterocycles. The van der Waals surface area contributed by atoms with E-state index in [-0.39, 0.29) is 12.2 Å². The highest BCUT2D eigenvalue weighted by Crippen LogP contribution is 2.29. The van der Waals surface area contributed by atoms with Crippen LogP contribution in [0.3, 0.4) is 0 Å². The van der Waals surface area contributed by atoms with E-state index in [9.17, 15) is 9.90 Å². The molecular formula is C21H19Cl3N4O3. The Kier molecular flexibility index (Phi) is 6.79. The zero-order valence-electron chi connectivity index (χ0n) is 16.4. The van der Waals surface area contributed by atoms with Crippen LogP contribution in [-0.4, -0.2) is 56.8 Å². The van der Waals surface area contributed by atoms with Crippen LogP contribution in [0, 0.1) is 0 Å². The minimum Gasteiger partial charge on any atom is -0.477 e. The molecule has 0 radical (unpaired) electrons. The fourth-order valence-electron chi connectivity index (χ4n) is 3.57. The van der Waals surface area contributed by atoms with Gasteiger partial charge in [-0.25, -0.2) is 9.78 Å². The summed E-state index contributed by atoms with van der Waals surface area (Å²) in [5.41, 5.74) is 1.85. The predicted octanol–water partition coefficient (Wildman–Crippen LogP) is 4.48. The van der Waals surface area contributed by atoms with Gasteiger partial charge in [0, 0.05) is 47.6 Å². The number of ether oxygens (including phenoxy) is 1. The average molecular weight is 482 g/mol. The van der Waals surface area contributed by atoms with Gasteiger partial charge in [-0.1, -0.05) is 34.8 Å². The highest BCUT2D eigenvalue weighted by atomic mass is 35.5. The summed E-state index contributed by atoms with van der Waals surface area (Å²) in [6.45, 7) is 3.19. The van der Waals surface area contributed by atoms with Crippen molar-refractivity contribution in [3.63, 3.8) is 0 Å². The molecule has 0 amide bonds. The van der Waals surface area contributed by atoms with Gasteiger partial charge in [-0.3, -0.25) is 9.88 Å². The molecule has 1 fully saturated rings. The van der Waals surface area contributed by atoms with Crippen LogP contribution in [0.1, 0.15) is 21.7 Å². The zero-order valence-corrected chi connectivity index (χ0v) is 18.7. The van der Waals surface area contributed by atoms with E-state index in [0.29, 0.717) is 70.6 Å². The monoisotopic (exact) mass is 480 g/mol. The first-order valence-electron chi connectivity index (χ1n) is 9.60. The van der Waals surface area contributed by atoms with Crippen LogP contribution in [-0.2, 0) is 17.8 Å². The highest BCUT2D eigenvalue weighted by molar-refractivity contribution is 6.33. The number of halogens is 3. The first-order valence-corrected chi connectivity index (χ1v) is 10.7. The normalized spacial score (nSPS) is 14.7. The number of hydrogen-bond acceptors (Lipinski definition) is 5. The van der Waals surface area contributed by atoms with Gasteiger partial charge in [-0.15, -0.1) is 0 Å². The molecule has 0 bridgehead atoms. The second kappa shape index (κ2) is 9.54. The van der Waals surface area contributed by atoms with Crippen molar-refractivity contribution in [2.24, 2.45) is 0 Å². The van der Waals surface area contributed by atoms with Crippen LogP contribution >= 0.6 is 34.8 Å². The van der Waals surface area contributed by atoms with E-state index in [1.807, 2.05) is 0 Å². The molecule has 3 heterocycles. The predicted molar refractivity (Wildman–Crippen MR) is 119 cm³/mol. The summed E-state index contributed by atoms with van der Waals surface area (Å²) in [5.74, 6) is -0.623. The molecule has 1 aromatic carbocycles. The third-order valence-corrected chi connectivity index (χ3v) is 5.83. The summed E-state index contributed by atoms with van der Waals surface area (Å²) in [6.07, 6.45) is 3.12. The van der Waals surface area contributed by atoms with Crippen LogP contribution in [0.2, 0.25) is 15.1 Å². The summed E-state index contributed by atoms with van der Waals surface area (Å²) in [6, 6.07) is 6.80. The molecule has 1 N–H and O–H groups in total. The molecule has 0 atom stereocenters. The maximum absolute atomic E-state index is 12.3. The standard InChI is InChI=1S/C21H19Cl3N4O3/c22-15-1-2-17(24)14(8-15)11-28-19(21(29)30)18(12-27-3-5-31-6-4-27)26-20(28)13-7-16(23)10-25-9-13/h1-2,7-10H,3-6,11-12H2,(H,29,30). The molecule has 0 unspecified atom stereocenters. The molecule has 1 aliphatic heterocycles. The molecule has 162 valence electrons. The van der Waals surface area contributed by atoms with E-state index in [1.165, 1.54) is 6.20 Å². The number of rotatable bonds is 6. The number of carboxylic acid groups (broad SMARTS) is 1. The molecule has 0 saturated carbocycles. The minimum absolute atomic E-state index is 0.0949. The van der Waals surface area contributed by atoms with Crippen LogP contribution in [0.25, 0.3) is 11.4 Å². The van der Waals surface area contributed by atoms with Gasteiger partial charge in [0.05, 0.1) is 30.5 Å². The average Bonchev–Trinajstić information content (AvgIpc) is 3.09. The van der Waals surface area contributed by atoms with Gasteiger partial charge in [0.25, 0.3) is 0 Å². The maximum atomic E-state index is 12.3. The van der Waals surface area contributed by atoms with E-state index >= 15 is 0 Å². The summed E-state index contributed by atoms with van der Waals surface area (Å²) in [7, 11) is 0. The van der Waals surface area contributed by atoms with Crippen LogP contribution in [0.5, 0.6) is 0 Å². The van der Waals surface area contributed by atoms with Gasteiger partial charge < -0.3 is 14.4 Å². The largest absolute Gasteiger partial charge is 0.477 e. The number of benzene rings is 1. The SMILES string of the molecule is O=C(O)c1c(CN2CCOCC2)nc(-c2cncc(Cl)c2)n1Cc1cc(Cl)ccc1Cl. The van der Waals surface area contributed by atoms with Crippen LogP contribution < -0.4 is 0 Å². The molecular weight excluding hydrogens is 463 g/mol. The topological polar surface area (TPSA) is 80.5 Å². The lowest BCUT2D eigenvalue weighted by Crippen LogP contribution is -2.36. The molecule has 0 spiro atoms. The first-order chi connectivity index (χ1) is 14.9. The van der Waals surface area contributed by atoms with Gasteiger partial charge in [-0.05, 0) is 29.8 Å². The summed E-state index contributed by atoms with van der Waals surface area (Å²) >= 11 is 18.7. The molecule has 31 heavy (non-hydrogen) atoms. The molecule has 10 heteroatoms. The Hall–Kier alpha value is -2.16. The lowest BCUT2D eigenvalue weighted by molar-refractivity contribution is 0.0334. The lowest BCUT2D eigenvalue weighted by atomic mass is 10.2. The quantitative estimate of drug-likeness (QED) is 0.559. The van der Waals surface area contributed by atoms with E-state index in [4.69, 9.17) is 44.5 Å². The summed E-state index contributed by atoms with van der Waals surface area (Å²) in [5, 5.41) is 11.5. The van der Waals surface area contributed by atoms with Gasteiger partial charge in [0.2, 0.25) is 0 Å². The van der Waals surface area contributed by atoms with Crippen molar-refractivity contribution in [2.75, 3.05) is 26.3 Å². The fraction of sp³-hybridized carbons (Fsp3) is 0.286. The van der Waals surface area contributed by atoms with Crippen LogP contribution in [0.4, 0.5) is 0 Å². The van der Waals surface area contributed by atoms with Crippen LogP contribution in [0.15, 0.2) is 36.7 Å². The summed E-state index contributed by atoms with van der Waals surface area (Å²) < 4.78 is 7.02. The van der Waals surface area contributed by atoms with Gasteiger partial charge in [0.15, 0.2) is 5.69 Å². The Bertz CT molecular complexity index is 1110. The second-order valence-electron chi connectivity index (χ2n) is 7.14. The minimum atomic E-state index is -1.07. The summed E-state index contributed by atoms with van der Waals surface area (Å²) in [4.78, 5) is 23.3. The number of nitrogens with zero attached hydrogens (tertiary/aromatic N) is 4. The smallest absolute Gasteiger partial charge is 0.354 e. The Morgan fingerprint density at radius 1 is 1.06 bits per heavy atom. The van der Waals surface area contributed by atoms with E-state index in [2.05, 4.69) is 9.88 Å². The van der Waals surface area contributed by atoms with Crippen molar-refractivity contribution in [2.45, 2.75) is 13.1 Å². The Balaban J connectivity index is 1.84. The number of carboxylic acids is 1. The van der Waals surface area contributed by atoms with E-state index in [1.54, 1.807) is 35.0 Å². The Morgan fingerprint density at radius 3 is 2.55 bits per heavy atom. The number of aromatic nitrogens is 3. The Labute approximate surface area is 194 Å². The Morgan fingerprint density at radius 2 is 1.84 bits per heavy atom. The molecule has 7 nitrogen and oxygen atoms in total. The number of imidazole rings is 1. The van der Waals surface area contributed by atoms with Crippen molar-refractivity contribution < 1.29 is 14.6 Å². The zero-order chi connectivity index (χ0) is 22.0. The van der Waals surface area contributed by atoms with E-state index < -0.39 is 5.97 Å². The van der Waals surface area contributed by atoms with Crippen molar-refractivity contribution in [3.8, 4) is 11.4 Å². The first kappa shape index (κ1) is 22.0. The molecule has 3 aromatic rings. The maximum Gasteiger partial charge on any atom is 0.354 e. The molecule has 4 rings (SSSR count). The van der Waals surface area contributed by atoms with Crippen molar-refractivity contribution in [1.82, 2.24) is 19.4 Å². The van der Waals surface area contributed by atoms with Crippen molar-refractivity contribution >= 4 is 40.8 Å². The number of morpholine rings is 1. The fourth-order valence-corrected chi connectivity index (χ4v) is 4.11. The third-order valence-electron chi connectivity index (χ3n) is 5.02. The molecule has 0 aliphatic carbocycles. The van der Waals surface area contributed by atoms with Crippen molar-refractivity contribution in [3.05, 3.63) is 68.7 Å². The third kappa shape index (κ3) is 5.02.